The van der Waals surface area contributed by atoms with Crippen molar-refractivity contribution >= 4 is 15.7 Å². The average Bonchev–Trinajstić information content (AvgIpc) is 2.38. The lowest BCUT2D eigenvalue weighted by atomic mass is 10.1. The molecule has 1 amide bonds. The fraction of sp³-hybridized carbons (Fsp3) is 0.462. The van der Waals surface area contributed by atoms with Crippen molar-refractivity contribution in [2.75, 3.05) is 25.9 Å². The zero-order chi connectivity index (χ0) is 14.0. The van der Waals surface area contributed by atoms with Crippen LogP contribution in [-0.2, 0) is 9.84 Å². The smallest absolute Gasteiger partial charge is 0.254 e. The van der Waals surface area contributed by atoms with E-state index < -0.39 is 9.84 Å². The molecule has 0 radical (unpaired) electrons. The van der Waals surface area contributed by atoms with Crippen LogP contribution in [0.5, 0.6) is 0 Å². The second-order valence-electron chi connectivity index (χ2n) is 4.85. The van der Waals surface area contributed by atoms with Crippen molar-refractivity contribution in [3.63, 3.8) is 0 Å². The lowest BCUT2D eigenvalue weighted by Crippen LogP contribution is -2.52. The van der Waals surface area contributed by atoms with E-state index in [1.807, 2.05) is 6.92 Å². The molecule has 104 valence electrons. The molecule has 1 atom stereocenters. The van der Waals surface area contributed by atoms with Gasteiger partial charge in [-0.05, 0) is 25.1 Å². The molecular weight excluding hydrogens is 264 g/mol. The number of sulfone groups is 1. The van der Waals surface area contributed by atoms with Crippen LogP contribution in [0.2, 0.25) is 0 Å². The molecule has 1 aromatic carbocycles. The van der Waals surface area contributed by atoms with Crippen molar-refractivity contribution in [2.24, 2.45) is 0 Å². The van der Waals surface area contributed by atoms with Gasteiger partial charge in [0.2, 0.25) is 0 Å². The summed E-state index contributed by atoms with van der Waals surface area (Å²) in [5, 5.41) is 3.22. The summed E-state index contributed by atoms with van der Waals surface area (Å²) in [5.74, 6) is -0.112. The molecule has 0 saturated carbocycles. The van der Waals surface area contributed by atoms with Crippen LogP contribution in [-0.4, -0.2) is 51.2 Å². The third kappa shape index (κ3) is 3.13. The van der Waals surface area contributed by atoms with Gasteiger partial charge < -0.3 is 10.2 Å². The number of hydrogen-bond donors (Lipinski definition) is 1. The van der Waals surface area contributed by atoms with Gasteiger partial charge in [0.1, 0.15) is 0 Å². The number of piperazine rings is 1. The Labute approximate surface area is 113 Å². The molecule has 0 aliphatic carbocycles. The summed E-state index contributed by atoms with van der Waals surface area (Å²) in [6.45, 7) is 4.15. The summed E-state index contributed by atoms with van der Waals surface area (Å²) in [5.41, 5.74) is 0.427. The van der Waals surface area contributed by atoms with Gasteiger partial charge in [-0.2, -0.15) is 0 Å². The molecule has 1 N–H and O–H groups in total. The predicted molar refractivity (Wildman–Crippen MR) is 72.9 cm³/mol. The van der Waals surface area contributed by atoms with Gasteiger partial charge in [-0.25, -0.2) is 8.42 Å². The van der Waals surface area contributed by atoms with E-state index in [2.05, 4.69) is 5.32 Å². The van der Waals surface area contributed by atoms with Crippen LogP contribution in [0.1, 0.15) is 17.3 Å². The zero-order valence-electron chi connectivity index (χ0n) is 11.1. The third-order valence-corrected chi connectivity index (χ3v) is 4.38. The van der Waals surface area contributed by atoms with Gasteiger partial charge in [0.05, 0.1) is 4.90 Å². The molecule has 1 aliphatic rings. The zero-order valence-corrected chi connectivity index (χ0v) is 11.9. The quantitative estimate of drug-likeness (QED) is 0.859. The van der Waals surface area contributed by atoms with Gasteiger partial charge in [0.15, 0.2) is 9.84 Å². The lowest BCUT2D eigenvalue weighted by molar-refractivity contribution is 0.0655. The standard InChI is InChI=1S/C13H18N2O3S/c1-10-9-14-6-7-15(10)13(16)11-4-3-5-12(8-11)19(2,17)18/h3-5,8,10,14H,6-7,9H2,1-2H3. The summed E-state index contributed by atoms with van der Waals surface area (Å²) >= 11 is 0. The molecule has 1 heterocycles. The van der Waals surface area contributed by atoms with E-state index in [0.29, 0.717) is 12.1 Å². The van der Waals surface area contributed by atoms with Crippen LogP contribution in [0, 0.1) is 0 Å². The Bertz CT molecular complexity index is 583. The summed E-state index contributed by atoms with van der Waals surface area (Å²) in [7, 11) is -3.29. The number of nitrogens with one attached hydrogen (secondary N) is 1. The van der Waals surface area contributed by atoms with Gasteiger partial charge in [-0.1, -0.05) is 6.07 Å². The summed E-state index contributed by atoms with van der Waals surface area (Å²) < 4.78 is 23.0. The minimum absolute atomic E-state index is 0.112. The first-order chi connectivity index (χ1) is 8.89. The van der Waals surface area contributed by atoms with Crippen molar-refractivity contribution in [1.82, 2.24) is 10.2 Å². The van der Waals surface area contributed by atoms with Gasteiger partial charge in [0, 0.05) is 37.5 Å². The molecule has 0 bridgehead atoms. The monoisotopic (exact) mass is 282 g/mol. The molecule has 1 unspecified atom stereocenters. The predicted octanol–water partition coefficient (Wildman–Crippen LogP) is 0.524. The minimum atomic E-state index is -3.29. The first kappa shape index (κ1) is 14.0. The van der Waals surface area contributed by atoms with Crippen LogP contribution in [0.4, 0.5) is 0 Å². The maximum atomic E-state index is 12.4. The second-order valence-corrected chi connectivity index (χ2v) is 6.87. The highest BCUT2D eigenvalue weighted by atomic mass is 32.2. The Morgan fingerprint density at radius 2 is 2.16 bits per heavy atom. The lowest BCUT2D eigenvalue weighted by Gasteiger charge is -2.34. The first-order valence-corrected chi connectivity index (χ1v) is 8.10. The maximum absolute atomic E-state index is 12.4. The fourth-order valence-electron chi connectivity index (χ4n) is 2.17. The van der Waals surface area contributed by atoms with Crippen LogP contribution < -0.4 is 5.32 Å². The number of rotatable bonds is 2. The fourth-order valence-corrected chi connectivity index (χ4v) is 2.84. The molecule has 0 spiro atoms. The minimum Gasteiger partial charge on any atom is -0.333 e. The summed E-state index contributed by atoms with van der Waals surface area (Å²) in [6, 6.07) is 6.34. The van der Waals surface area contributed by atoms with Crippen molar-refractivity contribution in [2.45, 2.75) is 17.9 Å². The molecule has 1 saturated heterocycles. The Kier molecular flexibility index (Phi) is 3.91. The molecule has 19 heavy (non-hydrogen) atoms. The van der Waals surface area contributed by atoms with Crippen LogP contribution >= 0.6 is 0 Å². The molecule has 2 rings (SSSR count). The highest BCUT2D eigenvalue weighted by Gasteiger charge is 2.24. The maximum Gasteiger partial charge on any atom is 0.254 e. The number of benzene rings is 1. The molecular formula is C13H18N2O3S. The second kappa shape index (κ2) is 5.30. The van der Waals surface area contributed by atoms with E-state index in [1.165, 1.54) is 12.1 Å². The Morgan fingerprint density at radius 1 is 1.42 bits per heavy atom. The van der Waals surface area contributed by atoms with Gasteiger partial charge in [-0.3, -0.25) is 4.79 Å². The van der Waals surface area contributed by atoms with Crippen LogP contribution in [0.15, 0.2) is 29.2 Å². The molecule has 1 aliphatic heterocycles. The number of nitrogens with zero attached hydrogens (tertiary/aromatic N) is 1. The third-order valence-electron chi connectivity index (χ3n) is 3.27. The van der Waals surface area contributed by atoms with Crippen molar-refractivity contribution < 1.29 is 13.2 Å². The first-order valence-electron chi connectivity index (χ1n) is 6.21. The molecule has 0 aromatic heterocycles. The Hall–Kier alpha value is -1.40. The molecule has 1 aromatic rings. The van der Waals surface area contributed by atoms with E-state index >= 15 is 0 Å². The SMILES string of the molecule is CC1CNCCN1C(=O)c1cccc(S(C)(=O)=O)c1. The number of carbonyl (C=O) groups excluding carboxylic acids is 1. The highest BCUT2D eigenvalue weighted by molar-refractivity contribution is 7.90. The van der Waals surface area contributed by atoms with E-state index in [-0.39, 0.29) is 16.8 Å². The van der Waals surface area contributed by atoms with E-state index in [4.69, 9.17) is 0 Å². The number of carbonyl (C=O) groups is 1. The van der Waals surface area contributed by atoms with E-state index in [0.717, 1.165) is 19.3 Å². The van der Waals surface area contributed by atoms with E-state index in [9.17, 15) is 13.2 Å². The highest BCUT2D eigenvalue weighted by Crippen LogP contribution is 2.15. The van der Waals surface area contributed by atoms with Crippen LogP contribution in [0.3, 0.4) is 0 Å². The van der Waals surface area contributed by atoms with Crippen molar-refractivity contribution in [3.8, 4) is 0 Å². The van der Waals surface area contributed by atoms with Gasteiger partial charge in [0.25, 0.3) is 5.91 Å². The topological polar surface area (TPSA) is 66.5 Å². The normalized spacial score (nSPS) is 20.3. The Balaban J connectivity index is 2.29. The molecule has 1 fully saturated rings. The van der Waals surface area contributed by atoms with Crippen LogP contribution in [0.25, 0.3) is 0 Å². The average molecular weight is 282 g/mol. The van der Waals surface area contributed by atoms with Gasteiger partial charge >= 0.3 is 0 Å². The van der Waals surface area contributed by atoms with Gasteiger partial charge in [-0.15, -0.1) is 0 Å². The molecule has 6 heteroatoms. The van der Waals surface area contributed by atoms with Crippen molar-refractivity contribution in [1.29, 1.82) is 0 Å². The molecule has 5 nitrogen and oxygen atoms in total. The number of amides is 1. The summed E-state index contributed by atoms with van der Waals surface area (Å²) in [4.78, 5) is 14.3. The largest absolute Gasteiger partial charge is 0.333 e. The summed E-state index contributed by atoms with van der Waals surface area (Å²) in [6.07, 6.45) is 1.14. The number of hydrogen-bond acceptors (Lipinski definition) is 4. The van der Waals surface area contributed by atoms with Crippen molar-refractivity contribution in [3.05, 3.63) is 29.8 Å². The van der Waals surface area contributed by atoms with E-state index in [1.54, 1.807) is 17.0 Å². The Morgan fingerprint density at radius 3 is 2.79 bits per heavy atom.